The fraction of sp³-hybridized carbons (Fsp3) is 0.435. The molecule has 1 N–H and O–H groups in total. The lowest BCUT2D eigenvalue weighted by molar-refractivity contribution is -0.119. The Hall–Kier alpha value is -1.94. The number of nitrogens with one attached hydrogen (secondary N) is 1. The molecular formula is C23H30N2OS. The van der Waals surface area contributed by atoms with Crippen LogP contribution >= 0.6 is 11.8 Å². The third kappa shape index (κ3) is 6.03. The molecule has 1 saturated heterocycles. The molecule has 0 radical (unpaired) electrons. The Morgan fingerprint density at radius 3 is 2.63 bits per heavy atom. The van der Waals surface area contributed by atoms with E-state index < -0.39 is 0 Å². The first-order valence-corrected chi connectivity index (χ1v) is 11.0. The number of hydrogen-bond acceptors (Lipinski definition) is 3. The number of thioether (sulfide) groups is 1. The summed E-state index contributed by atoms with van der Waals surface area (Å²) in [7, 11) is 0. The van der Waals surface area contributed by atoms with E-state index in [-0.39, 0.29) is 11.9 Å². The lowest BCUT2D eigenvalue weighted by atomic mass is 9.99. The molecule has 0 aromatic heterocycles. The number of piperidine rings is 1. The summed E-state index contributed by atoms with van der Waals surface area (Å²) in [5.41, 5.74) is 3.71. The zero-order chi connectivity index (χ0) is 19.1. The minimum absolute atomic E-state index is 0.0316. The minimum Gasteiger partial charge on any atom is -0.371 e. The van der Waals surface area contributed by atoms with Gasteiger partial charge in [-0.25, -0.2) is 0 Å². The molecule has 2 atom stereocenters. The maximum atomic E-state index is 12.2. The Morgan fingerprint density at radius 1 is 1.19 bits per heavy atom. The van der Waals surface area contributed by atoms with Gasteiger partial charge in [-0.15, -0.1) is 11.8 Å². The second kappa shape index (κ2) is 9.84. The van der Waals surface area contributed by atoms with Gasteiger partial charge in [-0.1, -0.05) is 49.4 Å². The van der Waals surface area contributed by atoms with Crippen LogP contribution in [0.2, 0.25) is 0 Å². The van der Waals surface area contributed by atoms with Crippen LogP contribution in [0.5, 0.6) is 0 Å². The highest BCUT2D eigenvalue weighted by Crippen LogP contribution is 2.24. The van der Waals surface area contributed by atoms with Gasteiger partial charge in [0.25, 0.3) is 0 Å². The second-order valence-electron chi connectivity index (χ2n) is 7.55. The molecule has 1 amide bonds. The summed E-state index contributed by atoms with van der Waals surface area (Å²) in [5.74, 6) is 2.22. The largest absolute Gasteiger partial charge is 0.371 e. The van der Waals surface area contributed by atoms with Crippen molar-refractivity contribution in [3.8, 4) is 0 Å². The second-order valence-corrected chi connectivity index (χ2v) is 8.54. The first kappa shape index (κ1) is 19.8. The van der Waals surface area contributed by atoms with Crippen molar-refractivity contribution in [3.63, 3.8) is 0 Å². The Kier molecular flexibility index (Phi) is 7.22. The SMILES string of the molecule is CC1CCCN(c2ccc(C(C)NC(=O)CSCc3ccccc3)cc2)C1. The fourth-order valence-corrected chi connectivity index (χ4v) is 4.40. The average molecular weight is 383 g/mol. The van der Waals surface area contributed by atoms with Crippen LogP contribution in [0, 0.1) is 5.92 Å². The predicted molar refractivity (Wildman–Crippen MR) is 116 cm³/mol. The van der Waals surface area contributed by atoms with Crippen LogP contribution in [0.1, 0.15) is 43.9 Å². The molecule has 27 heavy (non-hydrogen) atoms. The number of carbonyl (C=O) groups is 1. The van der Waals surface area contributed by atoms with Gasteiger partial charge in [0.1, 0.15) is 0 Å². The maximum absolute atomic E-state index is 12.2. The molecule has 1 fully saturated rings. The molecule has 0 spiro atoms. The summed E-state index contributed by atoms with van der Waals surface area (Å²) >= 11 is 1.65. The van der Waals surface area contributed by atoms with Crippen LogP contribution in [-0.4, -0.2) is 24.7 Å². The lowest BCUT2D eigenvalue weighted by Crippen LogP contribution is -2.34. The van der Waals surface area contributed by atoms with Crippen molar-refractivity contribution in [3.05, 3.63) is 65.7 Å². The van der Waals surface area contributed by atoms with Gasteiger partial charge in [0, 0.05) is 24.5 Å². The Labute approximate surface area is 167 Å². The third-order valence-corrected chi connectivity index (χ3v) is 6.14. The van der Waals surface area contributed by atoms with E-state index in [1.807, 2.05) is 18.2 Å². The van der Waals surface area contributed by atoms with Gasteiger partial charge in [0.05, 0.1) is 11.8 Å². The van der Waals surface area contributed by atoms with Gasteiger partial charge in [-0.05, 0) is 48.9 Å². The molecule has 1 aliphatic rings. The molecular weight excluding hydrogens is 352 g/mol. The molecule has 1 heterocycles. The molecule has 2 unspecified atom stereocenters. The molecule has 2 aromatic rings. The summed E-state index contributed by atoms with van der Waals surface area (Å²) in [5, 5.41) is 3.12. The molecule has 4 heteroatoms. The molecule has 3 nitrogen and oxygen atoms in total. The van der Waals surface area contributed by atoms with Crippen LogP contribution in [-0.2, 0) is 10.5 Å². The summed E-state index contributed by atoms with van der Waals surface area (Å²) < 4.78 is 0. The first-order valence-electron chi connectivity index (χ1n) is 9.88. The quantitative estimate of drug-likeness (QED) is 0.729. The van der Waals surface area contributed by atoms with Gasteiger partial charge in [-0.2, -0.15) is 0 Å². The zero-order valence-corrected chi connectivity index (χ0v) is 17.2. The monoisotopic (exact) mass is 382 g/mol. The van der Waals surface area contributed by atoms with E-state index in [1.165, 1.54) is 24.1 Å². The van der Waals surface area contributed by atoms with Crippen molar-refractivity contribution < 1.29 is 4.79 Å². The minimum atomic E-state index is 0.0316. The zero-order valence-electron chi connectivity index (χ0n) is 16.4. The molecule has 3 rings (SSSR count). The summed E-state index contributed by atoms with van der Waals surface area (Å²) in [6.07, 6.45) is 2.61. The average Bonchev–Trinajstić information content (AvgIpc) is 2.69. The van der Waals surface area contributed by atoms with Crippen molar-refractivity contribution in [2.45, 2.75) is 38.5 Å². The molecule has 2 aromatic carbocycles. The summed E-state index contributed by atoms with van der Waals surface area (Å²) in [6, 6.07) is 19.0. The standard InChI is InChI=1S/C23H30N2OS/c1-18-7-6-14-25(15-18)22-12-10-21(11-13-22)19(2)24-23(26)17-27-16-20-8-4-3-5-9-20/h3-5,8-13,18-19H,6-7,14-17H2,1-2H3,(H,24,26). The van der Waals surface area contributed by atoms with E-state index in [0.29, 0.717) is 5.75 Å². The fourth-order valence-electron chi connectivity index (χ4n) is 3.60. The van der Waals surface area contributed by atoms with Crippen LogP contribution in [0.15, 0.2) is 54.6 Å². The number of rotatable bonds is 7. The van der Waals surface area contributed by atoms with Crippen molar-refractivity contribution in [1.29, 1.82) is 0 Å². The normalized spacial score (nSPS) is 18.1. The van der Waals surface area contributed by atoms with Gasteiger partial charge in [-0.3, -0.25) is 4.79 Å². The van der Waals surface area contributed by atoms with Crippen molar-refractivity contribution >= 4 is 23.4 Å². The smallest absolute Gasteiger partial charge is 0.230 e. The lowest BCUT2D eigenvalue weighted by Gasteiger charge is -2.33. The van der Waals surface area contributed by atoms with E-state index >= 15 is 0 Å². The summed E-state index contributed by atoms with van der Waals surface area (Å²) in [4.78, 5) is 14.7. The van der Waals surface area contributed by atoms with Crippen molar-refractivity contribution in [2.24, 2.45) is 5.92 Å². The molecule has 0 aliphatic carbocycles. The Morgan fingerprint density at radius 2 is 1.93 bits per heavy atom. The van der Waals surface area contributed by atoms with Crippen molar-refractivity contribution in [1.82, 2.24) is 5.32 Å². The Balaban J connectivity index is 1.45. The number of hydrogen-bond donors (Lipinski definition) is 1. The van der Waals surface area contributed by atoms with Gasteiger partial charge in [0.15, 0.2) is 0 Å². The highest BCUT2D eigenvalue weighted by molar-refractivity contribution is 7.99. The van der Waals surface area contributed by atoms with Gasteiger partial charge >= 0.3 is 0 Å². The highest BCUT2D eigenvalue weighted by Gasteiger charge is 2.17. The summed E-state index contributed by atoms with van der Waals surface area (Å²) in [6.45, 7) is 6.67. The Bertz CT molecular complexity index is 717. The van der Waals surface area contributed by atoms with Gasteiger partial charge < -0.3 is 10.2 Å². The number of benzene rings is 2. The van der Waals surface area contributed by atoms with Crippen LogP contribution < -0.4 is 10.2 Å². The first-order chi connectivity index (χ1) is 13.1. The van der Waals surface area contributed by atoms with Crippen molar-refractivity contribution in [2.75, 3.05) is 23.7 Å². The van der Waals surface area contributed by atoms with E-state index in [4.69, 9.17) is 0 Å². The molecule has 0 saturated carbocycles. The number of anilines is 1. The van der Waals surface area contributed by atoms with Crippen LogP contribution in [0.25, 0.3) is 0 Å². The van der Waals surface area contributed by atoms with Crippen LogP contribution in [0.4, 0.5) is 5.69 Å². The number of nitrogens with zero attached hydrogens (tertiary/aromatic N) is 1. The predicted octanol–water partition coefficient (Wildman–Crippen LogP) is 5.03. The molecule has 0 bridgehead atoms. The van der Waals surface area contributed by atoms with E-state index in [9.17, 15) is 4.79 Å². The van der Waals surface area contributed by atoms with E-state index in [0.717, 1.165) is 30.3 Å². The maximum Gasteiger partial charge on any atom is 0.230 e. The number of amides is 1. The third-order valence-electron chi connectivity index (χ3n) is 5.14. The topological polar surface area (TPSA) is 32.3 Å². The highest BCUT2D eigenvalue weighted by atomic mass is 32.2. The molecule has 1 aliphatic heterocycles. The van der Waals surface area contributed by atoms with Gasteiger partial charge in [0.2, 0.25) is 5.91 Å². The molecule has 144 valence electrons. The number of carbonyl (C=O) groups excluding carboxylic acids is 1. The van der Waals surface area contributed by atoms with Crippen LogP contribution in [0.3, 0.4) is 0 Å². The van der Waals surface area contributed by atoms with E-state index in [1.54, 1.807) is 11.8 Å². The van der Waals surface area contributed by atoms with E-state index in [2.05, 4.69) is 60.5 Å².